The maximum atomic E-state index is 12.6. The van der Waals surface area contributed by atoms with Gasteiger partial charge in [0.15, 0.2) is 5.96 Å². The molecule has 0 saturated carbocycles. The van der Waals surface area contributed by atoms with E-state index in [2.05, 4.69) is 15.1 Å². The zero-order valence-corrected chi connectivity index (χ0v) is 19.6. The first kappa shape index (κ1) is 24.8. The molecule has 2 aliphatic rings. The molecule has 1 unspecified atom stereocenters. The van der Waals surface area contributed by atoms with Crippen molar-refractivity contribution < 1.29 is 18.3 Å². The molecule has 10 heteroatoms. The lowest BCUT2D eigenvalue weighted by Gasteiger charge is -2.38. The van der Waals surface area contributed by atoms with Crippen LogP contribution in [0.5, 0.6) is 5.75 Å². The highest BCUT2D eigenvalue weighted by molar-refractivity contribution is 14.0. The smallest absolute Gasteiger partial charge is 0.401 e. The summed E-state index contributed by atoms with van der Waals surface area (Å²) in [4.78, 5) is 10.5. The van der Waals surface area contributed by atoms with Gasteiger partial charge < -0.3 is 20.2 Å². The molecule has 2 N–H and O–H groups in total. The molecule has 30 heavy (non-hydrogen) atoms. The quantitative estimate of drug-likeness (QED) is 0.341. The number of phenolic OH excluding ortho intramolecular Hbond substituents is 1. The maximum absolute atomic E-state index is 12.6. The largest absolute Gasteiger partial charge is 0.506 e. The molecule has 0 aromatic heterocycles. The number of hydrogen-bond acceptors (Lipinski definition) is 4. The molecular formula is C20H31F3IN5O. The topological polar surface area (TPSA) is 54.3 Å². The van der Waals surface area contributed by atoms with Crippen molar-refractivity contribution in [2.75, 3.05) is 63.8 Å². The Morgan fingerprint density at radius 1 is 1.17 bits per heavy atom. The Kier molecular flexibility index (Phi) is 9.32. The van der Waals surface area contributed by atoms with Gasteiger partial charge in [-0.25, -0.2) is 0 Å². The molecular weight excluding hydrogens is 510 g/mol. The number of nitrogens with one attached hydrogen (secondary N) is 1. The standard InChI is InChI=1S/C20H30F3N5O.HI/c1-2-24-19(25-13-16-7-8-26(14-16)15-20(21,22)23)28-11-9-27(10-12-28)17-5-3-4-6-18(17)29;/h3-6,16,29H,2,7-15H2,1H3,(H,24,25);1H. The second kappa shape index (κ2) is 11.3. The van der Waals surface area contributed by atoms with Gasteiger partial charge in [0.25, 0.3) is 0 Å². The minimum absolute atomic E-state index is 0. The summed E-state index contributed by atoms with van der Waals surface area (Å²) in [5.74, 6) is 1.26. The fraction of sp³-hybridized carbons (Fsp3) is 0.650. The number of anilines is 1. The Balaban J connectivity index is 0.00000320. The third kappa shape index (κ3) is 7.07. The Morgan fingerprint density at radius 2 is 1.87 bits per heavy atom. The molecule has 2 heterocycles. The van der Waals surface area contributed by atoms with Crippen molar-refractivity contribution in [3.63, 3.8) is 0 Å². The van der Waals surface area contributed by atoms with E-state index in [-0.39, 0.29) is 35.6 Å². The second-order valence-electron chi connectivity index (χ2n) is 7.66. The van der Waals surface area contributed by atoms with Crippen LogP contribution < -0.4 is 10.2 Å². The van der Waals surface area contributed by atoms with Crippen LogP contribution in [0.1, 0.15) is 13.3 Å². The van der Waals surface area contributed by atoms with Crippen molar-refractivity contribution in [3.8, 4) is 5.75 Å². The molecule has 1 aromatic rings. The van der Waals surface area contributed by atoms with Gasteiger partial charge in [0, 0.05) is 45.8 Å². The first-order valence-corrected chi connectivity index (χ1v) is 10.2. The molecule has 2 aliphatic heterocycles. The van der Waals surface area contributed by atoms with Gasteiger partial charge in [-0.3, -0.25) is 9.89 Å². The summed E-state index contributed by atoms with van der Waals surface area (Å²) in [6, 6.07) is 7.33. The van der Waals surface area contributed by atoms with Gasteiger partial charge in [0.1, 0.15) is 5.75 Å². The van der Waals surface area contributed by atoms with Crippen LogP contribution in [0.3, 0.4) is 0 Å². The molecule has 2 saturated heterocycles. The fourth-order valence-corrected chi connectivity index (χ4v) is 3.99. The number of halogens is 4. The van der Waals surface area contributed by atoms with E-state index in [0.29, 0.717) is 19.6 Å². The van der Waals surface area contributed by atoms with Gasteiger partial charge in [0.05, 0.1) is 12.2 Å². The second-order valence-corrected chi connectivity index (χ2v) is 7.66. The Bertz CT molecular complexity index is 695. The summed E-state index contributed by atoms with van der Waals surface area (Å²) in [7, 11) is 0. The molecule has 3 rings (SSSR count). The zero-order valence-electron chi connectivity index (χ0n) is 17.2. The number of aromatic hydroxyl groups is 1. The van der Waals surface area contributed by atoms with Crippen molar-refractivity contribution >= 4 is 35.6 Å². The number of benzene rings is 1. The highest BCUT2D eigenvalue weighted by atomic mass is 127. The highest BCUT2D eigenvalue weighted by Crippen LogP contribution is 2.27. The number of para-hydroxylation sites is 2. The summed E-state index contributed by atoms with van der Waals surface area (Å²) < 4.78 is 37.7. The molecule has 170 valence electrons. The fourth-order valence-electron chi connectivity index (χ4n) is 3.99. The number of likely N-dealkylation sites (tertiary alicyclic amines) is 1. The van der Waals surface area contributed by atoms with E-state index in [9.17, 15) is 18.3 Å². The molecule has 2 fully saturated rings. The number of rotatable bonds is 5. The highest BCUT2D eigenvalue weighted by Gasteiger charge is 2.34. The molecule has 0 aliphatic carbocycles. The van der Waals surface area contributed by atoms with E-state index < -0.39 is 12.7 Å². The van der Waals surface area contributed by atoms with Crippen molar-refractivity contribution in [3.05, 3.63) is 24.3 Å². The number of alkyl halides is 3. The summed E-state index contributed by atoms with van der Waals surface area (Å²) in [5.41, 5.74) is 0.838. The van der Waals surface area contributed by atoms with Crippen LogP contribution in [0, 0.1) is 5.92 Å². The van der Waals surface area contributed by atoms with E-state index >= 15 is 0 Å². The average Bonchev–Trinajstić information content (AvgIpc) is 3.11. The Hall–Kier alpha value is -1.43. The lowest BCUT2D eigenvalue weighted by molar-refractivity contribution is -0.143. The first-order chi connectivity index (χ1) is 13.9. The molecule has 1 atom stereocenters. The maximum Gasteiger partial charge on any atom is 0.401 e. The number of nitrogens with zero attached hydrogens (tertiary/aromatic N) is 4. The van der Waals surface area contributed by atoms with Crippen LogP contribution in [0.2, 0.25) is 0 Å². The SMILES string of the molecule is CCNC(=NCC1CCN(CC(F)(F)F)C1)N1CCN(c2ccccc2O)CC1.I. The van der Waals surface area contributed by atoms with Crippen molar-refractivity contribution in [1.29, 1.82) is 0 Å². The average molecular weight is 541 g/mol. The van der Waals surface area contributed by atoms with Crippen molar-refractivity contribution in [2.45, 2.75) is 19.5 Å². The predicted molar refractivity (Wildman–Crippen MR) is 124 cm³/mol. The van der Waals surface area contributed by atoms with Crippen LogP contribution in [0.4, 0.5) is 18.9 Å². The van der Waals surface area contributed by atoms with Gasteiger partial charge in [-0.2, -0.15) is 13.2 Å². The predicted octanol–water partition coefficient (Wildman–Crippen LogP) is 2.98. The van der Waals surface area contributed by atoms with E-state index in [1.807, 2.05) is 25.1 Å². The van der Waals surface area contributed by atoms with Crippen molar-refractivity contribution in [1.82, 2.24) is 15.1 Å². The summed E-state index contributed by atoms with van der Waals surface area (Å²) >= 11 is 0. The minimum Gasteiger partial charge on any atom is -0.506 e. The molecule has 0 amide bonds. The van der Waals surface area contributed by atoms with Gasteiger partial charge in [-0.1, -0.05) is 12.1 Å². The van der Waals surface area contributed by atoms with Gasteiger partial charge >= 0.3 is 6.18 Å². The lowest BCUT2D eigenvalue weighted by atomic mass is 10.1. The minimum atomic E-state index is -4.14. The van der Waals surface area contributed by atoms with E-state index in [1.54, 1.807) is 6.07 Å². The first-order valence-electron chi connectivity index (χ1n) is 10.2. The van der Waals surface area contributed by atoms with Crippen molar-refractivity contribution in [2.24, 2.45) is 10.9 Å². The number of hydrogen-bond donors (Lipinski definition) is 2. The summed E-state index contributed by atoms with van der Waals surface area (Å²) in [6.07, 6.45) is -3.39. The Labute approximate surface area is 193 Å². The van der Waals surface area contributed by atoms with Gasteiger partial charge in [-0.15, -0.1) is 24.0 Å². The molecule has 6 nitrogen and oxygen atoms in total. The van der Waals surface area contributed by atoms with E-state index in [0.717, 1.165) is 50.8 Å². The molecule has 1 aromatic carbocycles. The van der Waals surface area contributed by atoms with E-state index in [1.165, 1.54) is 4.90 Å². The van der Waals surface area contributed by atoms with Gasteiger partial charge in [-0.05, 0) is 37.9 Å². The van der Waals surface area contributed by atoms with Crippen LogP contribution in [0.15, 0.2) is 29.3 Å². The molecule has 0 spiro atoms. The molecule has 0 radical (unpaired) electrons. The molecule has 0 bridgehead atoms. The van der Waals surface area contributed by atoms with E-state index in [4.69, 9.17) is 4.99 Å². The monoisotopic (exact) mass is 541 g/mol. The lowest BCUT2D eigenvalue weighted by Crippen LogP contribution is -2.52. The van der Waals surface area contributed by atoms with Crippen LogP contribution >= 0.6 is 24.0 Å². The number of aliphatic imine (C=N–C) groups is 1. The normalized spacial score (nSPS) is 20.9. The van der Waals surface area contributed by atoms with Gasteiger partial charge in [0.2, 0.25) is 0 Å². The summed E-state index contributed by atoms with van der Waals surface area (Å²) in [5, 5.41) is 13.4. The Morgan fingerprint density at radius 3 is 2.50 bits per heavy atom. The third-order valence-corrected chi connectivity index (χ3v) is 5.41. The number of piperazine rings is 1. The van der Waals surface area contributed by atoms with Crippen LogP contribution in [-0.4, -0.2) is 85.9 Å². The number of phenols is 1. The van der Waals surface area contributed by atoms with Crippen LogP contribution in [0.25, 0.3) is 0 Å². The third-order valence-electron chi connectivity index (χ3n) is 5.41. The number of guanidine groups is 1. The zero-order chi connectivity index (χ0) is 20.9. The summed E-state index contributed by atoms with van der Waals surface area (Å²) in [6.45, 7) is 6.46. The van der Waals surface area contributed by atoms with Crippen LogP contribution in [-0.2, 0) is 0 Å².